The summed E-state index contributed by atoms with van der Waals surface area (Å²) in [5.41, 5.74) is 5.07. The summed E-state index contributed by atoms with van der Waals surface area (Å²) in [5.74, 6) is 0.897. The molecule has 5 heteroatoms. The van der Waals surface area contributed by atoms with Gasteiger partial charge in [0.2, 0.25) is 5.91 Å². The van der Waals surface area contributed by atoms with E-state index in [2.05, 4.69) is 13.8 Å². The Kier molecular flexibility index (Phi) is 12.6. The van der Waals surface area contributed by atoms with Gasteiger partial charge < -0.3 is 15.2 Å². The van der Waals surface area contributed by atoms with Gasteiger partial charge >= 0.3 is 0 Å². The van der Waals surface area contributed by atoms with Crippen molar-refractivity contribution in [2.24, 2.45) is 17.6 Å². The van der Waals surface area contributed by atoms with Crippen LogP contribution in [0.5, 0.6) is 0 Å². The Labute approximate surface area is 173 Å². The average Bonchev–Trinajstić information content (AvgIpc) is 2.66. The maximum atomic E-state index is 11.5. The summed E-state index contributed by atoms with van der Waals surface area (Å²) in [6, 6.07) is 0. The van der Waals surface area contributed by atoms with E-state index in [4.69, 9.17) is 15.2 Å². The van der Waals surface area contributed by atoms with Gasteiger partial charge in [0, 0.05) is 26.3 Å². The van der Waals surface area contributed by atoms with Crippen LogP contribution in [0, 0.1) is 11.8 Å². The highest BCUT2D eigenvalue weighted by molar-refractivity contribution is 5.82. The van der Waals surface area contributed by atoms with Crippen molar-refractivity contribution in [1.29, 1.82) is 0 Å². The molecule has 2 aliphatic rings. The molecule has 2 rings (SSSR count). The molecule has 2 fully saturated rings. The lowest BCUT2D eigenvalue weighted by Crippen LogP contribution is -2.28. The molecule has 0 aliphatic heterocycles. The molecule has 0 atom stereocenters. The largest absolute Gasteiger partial charge is 0.378 e. The van der Waals surface area contributed by atoms with Crippen LogP contribution >= 0.6 is 0 Å². The molecule has 0 bridgehead atoms. The van der Waals surface area contributed by atoms with Gasteiger partial charge in [-0.2, -0.15) is 0 Å². The number of ether oxygens (including phenoxy) is 2. The number of primary amides is 1. The highest BCUT2D eigenvalue weighted by Gasteiger charge is 2.23. The van der Waals surface area contributed by atoms with Crippen molar-refractivity contribution in [3.63, 3.8) is 0 Å². The topological polar surface area (TPSA) is 78.6 Å². The molecule has 2 saturated carbocycles. The Morgan fingerprint density at radius 2 is 1.50 bits per heavy atom. The van der Waals surface area contributed by atoms with Crippen molar-refractivity contribution in [3.8, 4) is 0 Å². The number of carbonyl (C=O) groups is 2. The van der Waals surface area contributed by atoms with E-state index in [9.17, 15) is 9.59 Å². The Hall–Kier alpha value is -0.940. The van der Waals surface area contributed by atoms with Crippen molar-refractivity contribution in [2.45, 2.75) is 117 Å². The van der Waals surface area contributed by atoms with Gasteiger partial charge in [-0.05, 0) is 58.8 Å². The fourth-order valence-corrected chi connectivity index (χ4v) is 4.07. The highest BCUT2D eigenvalue weighted by atomic mass is 16.5. The molecule has 0 aromatic rings. The van der Waals surface area contributed by atoms with E-state index in [1.165, 1.54) is 19.3 Å². The van der Waals surface area contributed by atoms with Crippen LogP contribution < -0.4 is 5.73 Å². The second-order valence-electron chi connectivity index (χ2n) is 8.92. The summed E-state index contributed by atoms with van der Waals surface area (Å²) in [5, 5.41) is 0. The minimum absolute atomic E-state index is 0. The first-order valence-corrected chi connectivity index (χ1v) is 11.4. The molecule has 2 aliphatic carbocycles. The molecule has 0 spiro atoms. The first-order chi connectivity index (χ1) is 13.3. The van der Waals surface area contributed by atoms with E-state index in [0.29, 0.717) is 43.0 Å². The SMILES string of the molecule is CC(C)C(=O)C1CCCCC1.CC(C)OC1CCC(OCCCC(N)=O)CC1.[HH]. The maximum Gasteiger partial charge on any atom is 0.217 e. The van der Waals surface area contributed by atoms with Gasteiger partial charge in [0.1, 0.15) is 5.78 Å². The number of carbonyl (C=O) groups excluding carboxylic acids is 2. The van der Waals surface area contributed by atoms with E-state index in [1.807, 2.05) is 13.8 Å². The van der Waals surface area contributed by atoms with E-state index < -0.39 is 0 Å². The van der Waals surface area contributed by atoms with Gasteiger partial charge in [-0.3, -0.25) is 9.59 Å². The number of ketones is 1. The molecule has 28 heavy (non-hydrogen) atoms. The van der Waals surface area contributed by atoms with Crippen LogP contribution in [-0.4, -0.2) is 36.6 Å². The van der Waals surface area contributed by atoms with Crippen molar-refractivity contribution < 1.29 is 20.5 Å². The Morgan fingerprint density at radius 3 is 2.00 bits per heavy atom. The second-order valence-corrected chi connectivity index (χ2v) is 8.92. The molecular weight excluding hydrogens is 354 g/mol. The van der Waals surface area contributed by atoms with E-state index in [1.54, 1.807) is 0 Å². The smallest absolute Gasteiger partial charge is 0.217 e. The quantitative estimate of drug-likeness (QED) is 0.551. The monoisotopic (exact) mass is 399 g/mol. The maximum absolute atomic E-state index is 11.5. The zero-order valence-electron chi connectivity index (χ0n) is 18.6. The lowest BCUT2D eigenvalue weighted by Gasteiger charge is -2.29. The third-order valence-corrected chi connectivity index (χ3v) is 5.58. The fourth-order valence-electron chi connectivity index (χ4n) is 4.07. The van der Waals surface area contributed by atoms with Crippen LogP contribution in [0.1, 0.15) is 99.8 Å². The van der Waals surface area contributed by atoms with Crippen molar-refractivity contribution >= 4 is 11.7 Å². The minimum Gasteiger partial charge on any atom is -0.378 e. The lowest BCUT2D eigenvalue weighted by atomic mass is 9.83. The minimum atomic E-state index is -0.248. The van der Waals surface area contributed by atoms with E-state index in [-0.39, 0.29) is 13.3 Å². The number of amides is 1. The lowest BCUT2D eigenvalue weighted by molar-refractivity contribution is -0.126. The molecule has 1 amide bonds. The summed E-state index contributed by atoms with van der Waals surface area (Å²) in [6.45, 7) is 8.82. The van der Waals surface area contributed by atoms with Gasteiger partial charge in [-0.15, -0.1) is 0 Å². The first kappa shape index (κ1) is 25.1. The molecule has 0 aromatic heterocycles. The zero-order chi connectivity index (χ0) is 20.9. The third-order valence-electron chi connectivity index (χ3n) is 5.58. The summed E-state index contributed by atoms with van der Waals surface area (Å²) in [7, 11) is 0. The molecule has 0 unspecified atom stereocenters. The summed E-state index contributed by atoms with van der Waals surface area (Å²) < 4.78 is 11.5. The Balaban J connectivity index is 0.000000568. The summed E-state index contributed by atoms with van der Waals surface area (Å²) in [6.07, 6.45) is 12.7. The number of nitrogens with two attached hydrogens (primary N) is 1. The van der Waals surface area contributed by atoms with Crippen LogP contribution in [0.15, 0.2) is 0 Å². The predicted molar refractivity (Wildman–Crippen MR) is 115 cm³/mol. The number of rotatable bonds is 9. The number of hydrogen-bond donors (Lipinski definition) is 1. The molecule has 0 aromatic carbocycles. The molecular formula is C23H45NO4. The van der Waals surface area contributed by atoms with Crippen LogP contribution in [-0.2, 0) is 19.1 Å². The molecule has 166 valence electrons. The molecule has 0 heterocycles. The standard InChI is InChI=1S/C13H25NO3.C10H18O.H2/c1-10(2)17-12-7-5-11(6-8-12)16-9-3-4-13(14)15;1-8(2)10(11)9-6-4-3-5-7-9;/h10-12H,3-9H2,1-2H3,(H2,14,15);8-9H,3-7H2,1-2H3;1H. The normalized spacial score (nSPS) is 23.4. The Morgan fingerprint density at radius 1 is 0.929 bits per heavy atom. The zero-order valence-corrected chi connectivity index (χ0v) is 18.6. The van der Waals surface area contributed by atoms with Crippen LogP contribution in [0.3, 0.4) is 0 Å². The summed E-state index contributed by atoms with van der Waals surface area (Å²) in [4.78, 5) is 22.0. The third kappa shape index (κ3) is 11.2. The predicted octanol–water partition coefficient (Wildman–Crippen LogP) is 5.04. The second kappa shape index (κ2) is 14.1. The van der Waals surface area contributed by atoms with Gasteiger partial charge in [0.05, 0.1) is 18.3 Å². The Bertz CT molecular complexity index is 442. The van der Waals surface area contributed by atoms with Gasteiger partial charge in [0.25, 0.3) is 0 Å². The number of hydrogen-bond acceptors (Lipinski definition) is 4. The first-order valence-electron chi connectivity index (χ1n) is 11.4. The van der Waals surface area contributed by atoms with Crippen molar-refractivity contribution in [2.75, 3.05) is 6.61 Å². The van der Waals surface area contributed by atoms with Crippen molar-refractivity contribution in [1.82, 2.24) is 0 Å². The van der Waals surface area contributed by atoms with Gasteiger partial charge in [0.15, 0.2) is 0 Å². The van der Waals surface area contributed by atoms with Crippen LogP contribution in [0.2, 0.25) is 0 Å². The fraction of sp³-hybridized carbons (Fsp3) is 0.913. The van der Waals surface area contributed by atoms with E-state index >= 15 is 0 Å². The summed E-state index contributed by atoms with van der Waals surface area (Å²) >= 11 is 0. The van der Waals surface area contributed by atoms with E-state index in [0.717, 1.165) is 44.9 Å². The molecule has 0 radical (unpaired) electrons. The average molecular weight is 400 g/mol. The van der Waals surface area contributed by atoms with Gasteiger partial charge in [-0.25, -0.2) is 0 Å². The highest BCUT2D eigenvalue weighted by Crippen LogP contribution is 2.26. The molecule has 5 nitrogen and oxygen atoms in total. The van der Waals surface area contributed by atoms with Crippen molar-refractivity contribution in [3.05, 3.63) is 0 Å². The van der Waals surface area contributed by atoms with Crippen LogP contribution in [0.25, 0.3) is 0 Å². The van der Waals surface area contributed by atoms with Crippen LogP contribution in [0.4, 0.5) is 0 Å². The number of Topliss-reactive ketones (excluding diaryl/α,β-unsaturated/α-hetero) is 1. The molecule has 2 N–H and O–H groups in total. The van der Waals surface area contributed by atoms with Gasteiger partial charge in [-0.1, -0.05) is 33.1 Å². The molecule has 0 saturated heterocycles.